The van der Waals surface area contributed by atoms with Crippen molar-refractivity contribution in [3.8, 4) is 17.1 Å². The number of aliphatic carboxylic acids is 1. The predicted octanol–water partition coefficient (Wildman–Crippen LogP) is 3.60. The van der Waals surface area contributed by atoms with Crippen molar-refractivity contribution in [1.29, 1.82) is 0 Å². The number of nitrogens with two attached hydrogens (primary N) is 1. The number of anilines is 2. The summed E-state index contributed by atoms with van der Waals surface area (Å²) in [7, 11) is -5.15. The number of carbonyl (C=O) groups is 4. The van der Waals surface area contributed by atoms with E-state index in [1.807, 2.05) is 20.0 Å². The number of cyclic esters (lactones) is 1. The topological polar surface area (TPSA) is 428 Å². The van der Waals surface area contributed by atoms with Crippen LogP contribution in [0, 0.1) is 6.92 Å². The molecule has 1 unspecified atom stereocenters. The van der Waals surface area contributed by atoms with E-state index in [2.05, 4.69) is 82.4 Å². The molecule has 8 aromatic rings. The number of esters is 1. The summed E-state index contributed by atoms with van der Waals surface area (Å²) in [5.41, 5.74) is 9.28. The number of H-pyrrole nitrogens is 1. The summed E-state index contributed by atoms with van der Waals surface area (Å²) in [6, 6.07) is 11.8. The van der Waals surface area contributed by atoms with Gasteiger partial charge in [-0.2, -0.15) is 4.98 Å². The van der Waals surface area contributed by atoms with Crippen LogP contribution in [0.2, 0.25) is 26.2 Å². The molecule has 0 saturated carbocycles. The minimum Gasteiger partial charge on any atom is -0.508 e. The number of rotatable bonds is 37. The third-order valence-corrected chi connectivity index (χ3v) is 25.9. The molecule has 32 nitrogen and oxygen atoms in total. The van der Waals surface area contributed by atoms with E-state index >= 15 is 0 Å². The first-order valence-electron chi connectivity index (χ1n) is 32.9. The lowest BCUT2D eigenvalue weighted by Crippen LogP contribution is -2.55. The maximum atomic E-state index is 13.9. The third kappa shape index (κ3) is 20.6. The van der Waals surface area contributed by atoms with Crippen LogP contribution >= 0.6 is 11.8 Å². The number of nitrogens with one attached hydrogen (secondary N) is 4. The number of amides is 2. The molecular formula is C66H85N15O17SSi2. The normalized spacial score (nSPS) is 14.4. The smallest absolute Gasteiger partial charge is 0.343 e. The summed E-state index contributed by atoms with van der Waals surface area (Å²) >= 11 is 1.56. The Bertz CT molecular complexity index is 4320. The Kier molecular flexibility index (Phi) is 26.8. The highest BCUT2D eigenvalue weighted by Crippen LogP contribution is 2.40. The monoisotopic (exact) mass is 1450 g/mol. The summed E-state index contributed by atoms with van der Waals surface area (Å²) < 4.78 is 48.0. The molecule has 0 fully saturated rings. The molecule has 2 aliphatic heterocycles. The van der Waals surface area contributed by atoms with Gasteiger partial charge >= 0.3 is 11.9 Å². The van der Waals surface area contributed by atoms with Gasteiger partial charge in [-0.15, -0.1) is 5.10 Å². The van der Waals surface area contributed by atoms with Gasteiger partial charge in [0.15, 0.2) is 30.2 Å². The fraction of sp³-hybridized carbons (Fsp3) is 0.455. The molecule has 0 spiro atoms. The van der Waals surface area contributed by atoms with Gasteiger partial charge in [-0.3, -0.25) is 24.2 Å². The fourth-order valence-electron chi connectivity index (χ4n) is 11.3. The largest absolute Gasteiger partial charge is 0.508 e. The second kappa shape index (κ2) is 35.5. The molecule has 2 aromatic carbocycles. The number of pyridine rings is 2. The number of carboxylic acid groups (broad SMARTS) is 1. The molecule has 101 heavy (non-hydrogen) atoms. The van der Waals surface area contributed by atoms with E-state index in [4.69, 9.17) is 48.0 Å². The Morgan fingerprint density at radius 2 is 1.50 bits per heavy atom. The molecule has 2 atom stereocenters. The number of phenolic OH excluding ortho intramolecular Hbond substituents is 1. The highest BCUT2D eigenvalue weighted by atomic mass is 32.2. The number of aromatic nitrogens is 11. The van der Waals surface area contributed by atoms with Crippen LogP contribution in [0.5, 0.6) is 5.75 Å². The Balaban J connectivity index is 0.000000235. The number of benzene rings is 2. The van der Waals surface area contributed by atoms with Crippen molar-refractivity contribution in [3.05, 3.63) is 133 Å². The number of nitrogen functional groups attached to an aromatic ring is 1. The maximum Gasteiger partial charge on any atom is 0.343 e. The van der Waals surface area contributed by atoms with Crippen LogP contribution in [-0.2, 0) is 83.5 Å². The van der Waals surface area contributed by atoms with Crippen molar-refractivity contribution >= 4 is 91.0 Å². The molecule has 0 saturated heterocycles. The minimum absolute atomic E-state index is 0.0539. The number of fused-ring (bicyclic) bond motifs is 6. The van der Waals surface area contributed by atoms with Crippen LogP contribution in [0.4, 0.5) is 11.6 Å². The second-order valence-corrected chi connectivity index (χ2v) is 34.3. The molecule has 0 aliphatic carbocycles. The van der Waals surface area contributed by atoms with Gasteiger partial charge in [0.25, 0.3) is 17.0 Å². The summed E-state index contributed by atoms with van der Waals surface area (Å²) in [5, 5.41) is 51.0. The van der Waals surface area contributed by atoms with E-state index in [-0.39, 0.29) is 103 Å². The molecule has 9 N–H and O–H groups in total. The molecule has 0 radical (unpaired) electrons. The zero-order valence-electron chi connectivity index (χ0n) is 57.4. The number of carboxylic acids is 1. The number of aromatic amines is 1. The zero-order valence-corrected chi connectivity index (χ0v) is 60.2. The number of hydrogen-bond acceptors (Lipinski definition) is 27. The number of aryl methyl sites for hydroxylation is 1. The zero-order chi connectivity index (χ0) is 72.3. The lowest BCUT2D eigenvalue weighted by atomic mass is 9.86. The van der Waals surface area contributed by atoms with Gasteiger partial charge in [0.1, 0.15) is 18.4 Å². The molecule has 35 heteroatoms. The summed E-state index contributed by atoms with van der Waals surface area (Å²) in [6.45, 7) is 20.7. The van der Waals surface area contributed by atoms with E-state index in [1.165, 1.54) is 18.3 Å². The number of phenols is 1. The Morgan fingerprint density at radius 3 is 2.13 bits per heavy atom. The fourth-order valence-corrected chi connectivity index (χ4v) is 21.9. The lowest BCUT2D eigenvalue weighted by Gasteiger charge is -2.35. The number of carbonyl (C=O) groups excluding carboxylic acids is 3. The first-order chi connectivity index (χ1) is 48.4. The number of hydrogen-bond donors (Lipinski definition) is 8. The molecule has 540 valence electrons. The van der Waals surface area contributed by atoms with Crippen molar-refractivity contribution in [1.82, 2.24) is 65.1 Å². The molecule has 6 aromatic heterocycles. The molecule has 10 rings (SSSR count). The minimum atomic E-state index is -2.78. The quantitative estimate of drug-likeness (QED) is 0.00906. The van der Waals surface area contributed by atoms with E-state index < -0.39 is 51.7 Å². The number of thioether (sulfide) groups is 1. The van der Waals surface area contributed by atoms with Gasteiger partial charge in [-0.25, -0.2) is 39.2 Å². The number of ether oxygens (including phenoxy) is 7. The average Bonchev–Trinajstić information content (AvgIpc) is 1.59. The Morgan fingerprint density at radius 1 is 0.832 bits per heavy atom. The van der Waals surface area contributed by atoms with Crippen LogP contribution < -0.4 is 38.0 Å². The van der Waals surface area contributed by atoms with Crippen molar-refractivity contribution in [3.63, 3.8) is 0 Å². The van der Waals surface area contributed by atoms with Crippen molar-refractivity contribution in [2.45, 2.75) is 109 Å². The van der Waals surface area contributed by atoms with Crippen molar-refractivity contribution < 1.29 is 71.8 Å². The van der Waals surface area contributed by atoms with Crippen molar-refractivity contribution in [2.24, 2.45) is 0 Å². The van der Waals surface area contributed by atoms with Gasteiger partial charge in [0, 0.05) is 76.9 Å². The highest BCUT2D eigenvalue weighted by molar-refractivity contribution is 8.00. The van der Waals surface area contributed by atoms with Gasteiger partial charge < -0.3 is 78.8 Å². The predicted molar refractivity (Wildman–Crippen MR) is 376 cm³/mol. The molecule has 0 bridgehead atoms. The summed E-state index contributed by atoms with van der Waals surface area (Å²) in [4.78, 5) is 104. The molecule has 2 amide bonds. The van der Waals surface area contributed by atoms with Gasteiger partial charge in [-0.05, 0) is 107 Å². The third-order valence-electron chi connectivity index (χ3n) is 16.0. The number of aliphatic hydroxyl groups is 1. The number of aromatic hydroxyl groups is 1. The lowest BCUT2D eigenvalue weighted by molar-refractivity contribution is -0.172. The van der Waals surface area contributed by atoms with E-state index in [9.17, 15) is 44.1 Å². The number of nitrogens with zero attached hydrogens (tertiary/aromatic N) is 10. The summed E-state index contributed by atoms with van der Waals surface area (Å²) in [6.07, 6.45) is 6.80. The van der Waals surface area contributed by atoms with E-state index in [0.717, 1.165) is 27.4 Å². The average molecular weight is 1450 g/mol. The molecule has 8 heterocycles. The molecular weight excluding hydrogens is 1360 g/mol. The Labute approximate surface area is 587 Å². The SMILES string of the molecule is CCOCCOCCOCCOCCOCCOCCNC(=O)CCC(NC(=O)c1ccc(NCc2cnc3nc(N)[nH]c(=O)c3n2)cc1)C(=O)O.CC[C@@]1(O)C(=O)OCc2c1cc1n(c2=O)Cc2c-1nc1ccc(O)cc1c2[Si](C)(C)O[Si](C)(C)CSc1ncc(Cn2cc(C)nn2)cn1. The van der Waals surface area contributed by atoms with Crippen LogP contribution in [-0.4, -0.2) is 207 Å². The first-order valence-corrected chi connectivity index (χ1v) is 39.9. The standard InChI is InChI=1S/C33H48N8O11.C33H37N7O6SSi2/c1-2-47-11-12-49-15-16-51-19-20-52-18-17-50-14-13-48-10-9-35-27(42)8-7-26(32(45)46)39-30(43)23-3-5-24(6-4-23)36-21-25-22-37-29-28(38-25)31(44)41-33(34)40-29;1-7-33(44)25-11-27-28-23(16-40(27)30(42)24(25)17-45-31(33)43)29(22-10-21(41)8-9-26(22)36-28)49(5,6)46-48(3,4)18-47-32-34-12-20(13-35-32)15-39-14-19(2)37-38-39/h3-6,22,26,36H,2,7-21H2,1H3,(H,35,42)(H,39,43)(H,45,46)(H3,34,37,40,41,44);8-14,41,44H,7,15-18H2,1-6H3/t;33-/m.0/s1. The summed E-state index contributed by atoms with van der Waals surface area (Å²) in [5.74, 6) is -2.94. The Hall–Kier alpha value is -9.02. The second-order valence-electron chi connectivity index (χ2n) is 24.6. The maximum absolute atomic E-state index is 13.9. The van der Waals surface area contributed by atoms with Gasteiger partial charge in [0.05, 0.1) is 132 Å². The van der Waals surface area contributed by atoms with Gasteiger partial charge in [-0.1, -0.05) is 23.9 Å². The van der Waals surface area contributed by atoms with Crippen LogP contribution in [0.15, 0.2) is 88.1 Å². The van der Waals surface area contributed by atoms with Crippen molar-refractivity contribution in [2.75, 3.05) is 102 Å². The highest BCUT2D eigenvalue weighted by Gasteiger charge is 2.47. The van der Waals surface area contributed by atoms with Crippen LogP contribution in [0.3, 0.4) is 0 Å². The van der Waals surface area contributed by atoms with Crippen LogP contribution in [0.25, 0.3) is 33.5 Å². The van der Waals surface area contributed by atoms with E-state index in [0.29, 0.717) is 118 Å². The van der Waals surface area contributed by atoms with E-state index in [1.54, 1.807) is 76.7 Å². The van der Waals surface area contributed by atoms with Gasteiger partial charge in [0.2, 0.25) is 20.2 Å². The molecule has 2 aliphatic rings. The first kappa shape index (κ1) is 76.2. The van der Waals surface area contributed by atoms with Crippen LogP contribution in [0.1, 0.15) is 77.1 Å².